The number of alkyl halides is 4. The van der Waals surface area contributed by atoms with E-state index in [1.165, 1.54) is 12.1 Å². The van der Waals surface area contributed by atoms with Crippen LogP contribution >= 0.6 is 22.6 Å². The number of nitrogens with zero attached hydrogens (tertiary/aromatic N) is 1. The lowest BCUT2D eigenvalue weighted by Gasteiger charge is -2.47. The quantitative estimate of drug-likeness (QED) is 0.480. The molecule has 1 saturated heterocycles. The number of rotatable bonds is 4. The van der Waals surface area contributed by atoms with Crippen molar-refractivity contribution in [2.24, 2.45) is 0 Å². The average molecular weight is 461 g/mol. The molecule has 2 aromatic carbocycles. The summed E-state index contributed by atoms with van der Waals surface area (Å²) in [6.45, 7) is 0.329. The minimum absolute atomic E-state index is 0.0417. The summed E-state index contributed by atoms with van der Waals surface area (Å²) in [6.07, 6.45) is -4.49. The second-order valence-electron chi connectivity index (χ2n) is 6.20. The van der Waals surface area contributed by atoms with E-state index < -0.39 is 11.8 Å². The van der Waals surface area contributed by atoms with E-state index in [4.69, 9.17) is 4.74 Å². The Kier molecular flexibility index (Phi) is 5.70. The van der Waals surface area contributed by atoms with E-state index in [0.29, 0.717) is 11.0 Å². The zero-order valence-electron chi connectivity index (χ0n) is 13.5. The van der Waals surface area contributed by atoms with Crippen LogP contribution in [-0.2, 0) is 16.9 Å². The number of morpholine rings is 1. The average Bonchev–Trinajstić information content (AvgIpc) is 2.62. The van der Waals surface area contributed by atoms with Gasteiger partial charge >= 0.3 is 6.18 Å². The molecule has 1 fully saturated rings. The van der Waals surface area contributed by atoms with Gasteiger partial charge in [0.15, 0.2) is 0 Å². The Bertz CT molecular complexity index is 680. The van der Waals surface area contributed by atoms with Crippen molar-refractivity contribution in [2.75, 3.05) is 17.6 Å². The number of hydrogen-bond donors (Lipinski definition) is 0. The number of ether oxygens (including phenoxy) is 1. The van der Waals surface area contributed by atoms with Crippen LogP contribution < -0.4 is 0 Å². The summed E-state index contributed by atoms with van der Waals surface area (Å²) in [6, 6.07) is 17.5. The van der Waals surface area contributed by atoms with Crippen LogP contribution in [0.25, 0.3) is 0 Å². The van der Waals surface area contributed by atoms with Gasteiger partial charge in [-0.05, 0) is 11.1 Å². The van der Waals surface area contributed by atoms with E-state index in [9.17, 15) is 13.2 Å². The highest BCUT2D eigenvalue weighted by molar-refractivity contribution is 14.1. The summed E-state index contributed by atoms with van der Waals surface area (Å²) in [4.78, 5) is 1.89. The smallest absolute Gasteiger partial charge is 0.358 e. The van der Waals surface area contributed by atoms with E-state index >= 15 is 0 Å². The molecule has 134 valence electrons. The van der Waals surface area contributed by atoms with Crippen molar-refractivity contribution in [2.45, 2.75) is 24.4 Å². The Balaban J connectivity index is 1.95. The van der Waals surface area contributed by atoms with Crippen molar-refractivity contribution in [1.82, 2.24) is 4.90 Å². The largest absolute Gasteiger partial charge is 0.422 e. The molecular formula is C19H19F3INO. The fourth-order valence-electron chi connectivity index (χ4n) is 3.17. The summed E-state index contributed by atoms with van der Waals surface area (Å²) in [7, 11) is 0. The monoisotopic (exact) mass is 461 g/mol. The van der Waals surface area contributed by atoms with Crippen molar-refractivity contribution >= 4 is 22.6 Å². The second-order valence-corrected chi connectivity index (χ2v) is 7.08. The van der Waals surface area contributed by atoms with Gasteiger partial charge in [0.1, 0.15) is 0 Å². The van der Waals surface area contributed by atoms with Gasteiger partial charge in [0.05, 0.1) is 6.61 Å². The summed E-state index contributed by atoms with van der Waals surface area (Å²) in [5.74, 6) is 0. The van der Waals surface area contributed by atoms with E-state index in [1.54, 1.807) is 18.2 Å². The molecule has 0 radical (unpaired) electrons. The molecule has 0 aromatic heterocycles. The van der Waals surface area contributed by atoms with Gasteiger partial charge in [0.2, 0.25) is 5.60 Å². The molecule has 1 aliphatic rings. The minimum Gasteiger partial charge on any atom is -0.358 e. The van der Waals surface area contributed by atoms with Crippen LogP contribution in [0, 0.1) is 0 Å². The van der Waals surface area contributed by atoms with E-state index in [1.807, 2.05) is 35.2 Å². The highest BCUT2D eigenvalue weighted by Crippen LogP contribution is 2.45. The van der Waals surface area contributed by atoms with Crippen LogP contribution in [0.5, 0.6) is 0 Å². The van der Waals surface area contributed by atoms with Gasteiger partial charge in [-0.3, -0.25) is 4.90 Å². The Morgan fingerprint density at radius 3 is 2.20 bits per heavy atom. The van der Waals surface area contributed by atoms with E-state index in [0.717, 1.165) is 5.56 Å². The molecule has 1 aliphatic heterocycles. The first-order valence-corrected chi connectivity index (χ1v) is 9.59. The first-order chi connectivity index (χ1) is 12.0. The molecule has 2 atom stereocenters. The third kappa shape index (κ3) is 3.85. The van der Waals surface area contributed by atoms with Crippen LogP contribution in [0.3, 0.4) is 0 Å². The lowest BCUT2D eigenvalue weighted by Crippen LogP contribution is -2.61. The number of benzene rings is 2. The SMILES string of the molecule is FC(F)(F)[C@@]1(c2ccccc2)CN(Cc2ccccc2)[C@@H](CI)CO1. The standard InChI is InChI=1S/C19H19F3INO/c20-19(21,22)18(16-9-5-2-6-10-16)14-24(17(11-23)13-25-18)12-15-7-3-1-4-8-15/h1-10,17H,11-14H2/t17-,18-/m0/s1. The molecule has 0 bridgehead atoms. The highest BCUT2D eigenvalue weighted by atomic mass is 127. The molecular weight excluding hydrogens is 442 g/mol. The highest BCUT2D eigenvalue weighted by Gasteiger charge is 2.60. The predicted molar refractivity (Wildman–Crippen MR) is 99.7 cm³/mol. The van der Waals surface area contributed by atoms with Crippen LogP contribution in [-0.4, -0.2) is 34.7 Å². The summed E-state index contributed by atoms with van der Waals surface area (Å²) in [5, 5.41) is 0. The first-order valence-electron chi connectivity index (χ1n) is 8.06. The number of hydrogen-bond acceptors (Lipinski definition) is 2. The zero-order chi connectivity index (χ0) is 17.9. The van der Waals surface area contributed by atoms with E-state index in [-0.39, 0.29) is 24.8 Å². The second kappa shape index (κ2) is 7.63. The first kappa shape index (κ1) is 18.7. The summed E-state index contributed by atoms with van der Waals surface area (Å²) in [5.41, 5.74) is -1.12. The Morgan fingerprint density at radius 1 is 1.04 bits per heavy atom. The molecule has 6 heteroatoms. The van der Waals surface area contributed by atoms with Crippen molar-refractivity contribution < 1.29 is 17.9 Å². The van der Waals surface area contributed by atoms with Crippen molar-refractivity contribution in [3.8, 4) is 0 Å². The molecule has 0 spiro atoms. The fraction of sp³-hybridized carbons (Fsp3) is 0.368. The fourth-order valence-corrected chi connectivity index (χ4v) is 3.98. The van der Waals surface area contributed by atoms with Crippen molar-refractivity contribution in [1.29, 1.82) is 0 Å². The maximum absolute atomic E-state index is 14.1. The number of halogens is 4. The van der Waals surface area contributed by atoms with Gasteiger partial charge in [-0.25, -0.2) is 0 Å². The van der Waals surface area contributed by atoms with Gasteiger partial charge in [-0.15, -0.1) is 0 Å². The Hall–Kier alpha value is -1.12. The third-order valence-electron chi connectivity index (χ3n) is 4.57. The summed E-state index contributed by atoms with van der Waals surface area (Å²) < 4.78 is 48.4. The Labute approximate surface area is 159 Å². The van der Waals surface area contributed by atoms with Crippen molar-refractivity contribution in [3.05, 3.63) is 71.8 Å². The third-order valence-corrected chi connectivity index (χ3v) is 5.59. The molecule has 0 aliphatic carbocycles. The normalized spacial score (nSPS) is 25.0. The van der Waals surface area contributed by atoms with Gasteiger partial charge in [0, 0.05) is 23.6 Å². The molecule has 0 saturated carbocycles. The molecule has 2 aromatic rings. The zero-order valence-corrected chi connectivity index (χ0v) is 15.7. The van der Waals surface area contributed by atoms with E-state index in [2.05, 4.69) is 22.6 Å². The van der Waals surface area contributed by atoms with Crippen LogP contribution in [0.4, 0.5) is 13.2 Å². The topological polar surface area (TPSA) is 12.5 Å². The maximum Gasteiger partial charge on any atom is 0.422 e. The van der Waals surface area contributed by atoms with Crippen LogP contribution in [0.2, 0.25) is 0 Å². The van der Waals surface area contributed by atoms with Crippen molar-refractivity contribution in [3.63, 3.8) is 0 Å². The predicted octanol–water partition coefficient (Wildman–Crippen LogP) is 4.78. The molecule has 25 heavy (non-hydrogen) atoms. The van der Waals surface area contributed by atoms with Gasteiger partial charge in [0.25, 0.3) is 0 Å². The molecule has 0 unspecified atom stereocenters. The minimum atomic E-state index is -4.49. The molecule has 3 rings (SSSR count). The van der Waals surface area contributed by atoms with Gasteiger partial charge < -0.3 is 4.74 Å². The van der Waals surface area contributed by atoms with Gasteiger partial charge in [-0.2, -0.15) is 13.2 Å². The van der Waals surface area contributed by atoms with Gasteiger partial charge in [-0.1, -0.05) is 83.3 Å². The molecule has 0 N–H and O–H groups in total. The molecule has 0 amide bonds. The Morgan fingerprint density at radius 2 is 1.64 bits per heavy atom. The molecule has 2 nitrogen and oxygen atoms in total. The maximum atomic E-state index is 14.1. The lowest BCUT2D eigenvalue weighted by molar-refractivity contribution is -0.309. The van der Waals surface area contributed by atoms with Crippen LogP contribution in [0.15, 0.2) is 60.7 Å². The summed E-state index contributed by atoms with van der Waals surface area (Å²) >= 11 is 2.21. The van der Waals surface area contributed by atoms with Crippen LogP contribution in [0.1, 0.15) is 11.1 Å². The lowest BCUT2D eigenvalue weighted by atomic mass is 9.89. The molecule has 1 heterocycles.